The lowest BCUT2D eigenvalue weighted by atomic mass is 10.0. The van der Waals surface area contributed by atoms with Crippen LogP contribution in [0.2, 0.25) is 0 Å². The van der Waals surface area contributed by atoms with Crippen molar-refractivity contribution >= 4 is 137 Å². The molecule has 0 aliphatic carbocycles. The Hall–Kier alpha value is -11.5. The lowest BCUT2D eigenvalue weighted by Crippen LogP contribution is -2.10. The van der Waals surface area contributed by atoms with Gasteiger partial charge < -0.3 is 33.0 Å². The molecule has 16 rings (SSSR count). The number of nitrogens with zero attached hydrogens (tertiary/aromatic N) is 10. The Morgan fingerprint density at radius 1 is 0.422 bits per heavy atom. The predicted octanol–water partition coefficient (Wildman–Crippen LogP) is 22.7. The standard InChI is InChI=1S/C19H20N2O.C18H17N3O.C17H17FN2.2C17H18N2/c1-4-9-21-17-8-6-13(12(2)3)10-16(17)15-7-5-14(19(20)22)11-18(15)21;1-3-10-21-16-7-5-4-6-14(16)15-11-13(8-9-17(15)21)18-20-19-12(2)22-18;1-12(2)13-6-7-15-14(11-13)17-16(5-3-9-19-17)20(15)10-4-8-18;1-4-10-19-16-8-7-13(12(2)3)11-15(16)14-6-5-9-18-17(14)19;1-4-9-19-16-6-5-13(12(2)3)10-14(16)15-11-18-8-7-17(15)19/h5-8,10-11H,2,4,9H2,1,3H3,(H2,20,22);4-9,11H,3,10H2,1-2H3;3,5-7,9,11H,1,4,8,10H2,2H3;5-9,11H,2,4,10H2,1,3H3;5-8,10-11H,2,4,9H2,1,3H3. The van der Waals surface area contributed by atoms with Crippen LogP contribution in [-0.4, -0.2) is 60.6 Å². The molecule has 0 fully saturated rings. The fraction of sp³-hybridized carbons (Fsp3) is 0.227. The summed E-state index contributed by atoms with van der Waals surface area (Å²) in [5.74, 6) is 0.771. The largest absolute Gasteiger partial charge is 0.421 e. The van der Waals surface area contributed by atoms with Crippen molar-refractivity contribution in [3.63, 3.8) is 0 Å². The molecule has 0 aliphatic heterocycles. The summed E-state index contributed by atoms with van der Waals surface area (Å²) in [6, 6.07) is 56.7. The van der Waals surface area contributed by atoms with Gasteiger partial charge in [0.05, 0.1) is 34.3 Å². The van der Waals surface area contributed by atoms with Crippen LogP contribution in [0.1, 0.15) is 126 Å². The van der Waals surface area contributed by atoms with Crippen LogP contribution < -0.4 is 5.73 Å². The Morgan fingerprint density at radius 2 is 0.863 bits per heavy atom. The van der Waals surface area contributed by atoms with E-state index in [1.54, 1.807) is 12.3 Å². The second-order valence-corrected chi connectivity index (χ2v) is 26.5. The van der Waals surface area contributed by atoms with Gasteiger partial charge in [-0.15, -0.1) is 10.2 Å². The lowest BCUT2D eigenvalue weighted by Gasteiger charge is -2.06. The Kier molecular flexibility index (Phi) is 21.3. The topological polar surface area (TPSA) is 145 Å². The number of halogens is 1. The van der Waals surface area contributed by atoms with Gasteiger partial charge >= 0.3 is 0 Å². The molecule has 0 bridgehead atoms. The molecule has 14 heteroatoms. The SMILES string of the molecule is C=C(C)c1ccc2c(c1)c1ccc(C(N)=O)cc1n2CCC.C=C(C)c1ccc2c(c1)c1cccnc1n2CCC.C=C(C)c1ccc2c(c1)c1cnccc1n2CCC.C=C(C)c1ccc2c(c1)c1ncccc1n2CCCF.CCCn1c2ccccc2c2cc(-c3nnc(C)o3)ccc21. The maximum atomic E-state index is 12.5. The number of carbonyl (C=O) groups is 1. The summed E-state index contributed by atoms with van der Waals surface area (Å²) in [4.78, 5) is 24.8. The highest BCUT2D eigenvalue weighted by Crippen LogP contribution is 2.37. The van der Waals surface area contributed by atoms with Crippen LogP contribution in [0.3, 0.4) is 0 Å². The number of hydrogen-bond acceptors (Lipinski definition) is 7. The summed E-state index contributed by atoms with van der Waals surface area (Å²) < 4.78 is 29.6. The van der Waals surface area contributed by atoms with Crippen LogP contribution in [0, 0.1) is 6.92 Å². The number of aromatic nitrogens is 10. The van der Waals surface area contributed by atoms with E-state index < -0.39 is 5.91 Å². The smallest absolute Gasteiger partial charge is 0.248 e. The summed E-state index contributed by atoms with van der Waals surface area (Å²) in [7, 11) is 0. The summed E-state index contributed by atoms with van der Waals surface area (Å²) in [6.07, 6.45) is 12.4. The molecule has 102 heavy (non-hydrogen) atoms. The molecule has 1 amide bonds. The Bertz CT molecular complexity index is 5710. The van der Waals surface area contributed by atoms with Gasteiger partial charge in [-0.05, 0) is 197 Å². The first kappa shape index (κ1) is 70.4. The summed E-state index contributed by atoms with van der Waals surface area (Å²) in [6.45, 7) is 39.1. The number of allylic oxidation sites excluding steroid dienone is 4. The third kappa shape index (κ3) is 14.1. The van der Waals surface area contributed by atoms with Gasteiger partial charge in [0.15, 0.2) is 0 Å². The molecular formula is C88H90FN11O2. The molecule has 2 N–H and O–H groups in total. The number of pyridine rings is 3. The first-order valence-electron chi connectivity index (χ1n) is 35.4. The van der Waals surface area contributed by atoms with Crippen molar-refractivity contribution in [3.05, 3.63) is 249 Å². The molecule has 9 heterocycles. The van der Waals surface area contributed by atoms with Gasteiger partial charge in [-0.3, -0.25) is 19.2 Å². The second-order valence-electron chi connectivity index (χ2n) is 26.5. The number of amides is 1. The Balaban J connectivity index is 0.000000121. The number of aryl methyl sites for hydroxylation is 6. The van der Waals surface area contributed by atoms with Crippen LogP contribution in [0.5, 0.6) is 0 Å². The van der Waals surface area contributed by atoms with Gasteiger partial charge in [0.25, 0.3) is 0 Å². The first-order valence-corrected chi connectivity index (χ1v) is 35.4. The van der Waals surface area contributed by atoms with Crippen molar-refractivity contribution in [2.45, 2.75) is 127 Å². The minimum Gasteiger partial charge on any atom is -0.421 e. The Morgan fingerprint density at radius 3 is 1.43 bits per heavy atom. The normalized spacial score (nSPS) is 11.3. The van der Waals surface area contributed by atoms with Crippen molar-refractivity contribution in [2.24, 2.45) is 5.73 Å². The van der Waals surface area contributed by atoms with E-state index in [0.717, 1.165) is 129 Å². The molecule has 0 spiro atoms. The zero-order valence-electron chi connectivity index (χ0n) is 60.2. The fourth-order valence-corrected chi connectivity index (χ4v) is 14.0. The van der Waals surface area contributed by atoms with Gasteiger partial charge in [0.1, 0.15) is 5.65 Å². The third-order valence-corrected chi connectivity index (χ3v) is 18.9. The van der Waals surface area contributed by atoms with Crippen molar-refractivity contribution in [3.8, 4) is 11.5 Å². The number of fused-ring (bicyclic) bond motifs is 15. The van der Waals surface area contributed by atoms with E-state index in [2.05, 4.69) is 229 Å². The number of benzene rings is 7. The molecule has 16 aromatic rings. The molecule has 0 saturated carbocycles. The zero-order chi connectivity index (χ0) is 71.9. The number of carbonyl (C=O) groups excluding carboxylic acids is 1. The molecule has 0 radical (unpaired) electrons. The number of para-hydroxylation sites is 1. The van der Waals surface area contributed by atoms with Crippen molar-refractivity contribution < 1.29 is 13.6 Å². The quantitative estimate of drug-likeness (QED) is 0.0955. The van der Waals surface area contributed by atoms with Gasteiger partial charge in [-0.2, -0.15) is 0 Å². The number of rotatable bonds is 17. The summed E-state index contributed by atoms with van der Waals surface area (Å²) in [5.41, 5.74) is 28.7. The average Bonchev–Trinajstić information content (AvgIpc) is 1.64. The number of hydrogen-bond donors (Lipinski definition) is 1. The molecule has 516 valence electrons. The van der Waals surface area contributed by atoms with Crippen LogP contribution in [0.25, 0.3) is 143 Å². The molecule has 0 atom stereocenters. The fourth-order valence-electron chi connectivity index (χ4n) is 14.0. The van der Waals surface area contributed by atoms with E-state index in [-0.39, 0.29) is 6.67 Å². The van der Waals surface area contributed by atoms with Gasteiger partial charge in [-0.1, -0.05) is 125 Å². The first-order chi connectivity index (χ1) is 49.5. The van der Waals surface area contributed by atoms with Gasteiger partial charge in [0.2, 0.25) is 17.7 Å². The van der Waals surface area contributed by atoms with Gasteiger partial charge in [0, 0.05) is 152 Å². The maximum absolute atomic E-state index is 12.5. The van der Waals surface area contributed by atoms with Crippen LogP contribution in [0.4, 0.5) is 4.39 Å². The highest BCUT2D eigenvalue weighted by Gasteiger charge is 2.18. The minimum atomic E-state index is -0.391. The second kappa shape index (κ2) is 30.9. The Labute approximate surface area is 595 Å². The average molecular weight is 1350 g/mol. The highest BCUT2D eigenvalue weighted by atomic mass is 19.1. The van der Waals surface area contributed by atoms with E-state index >= 15 is 0 Å². The number of alkyl halides is 1. The minimum absolute atomic E-state index is 0.300. The molecular weight excluding hydrogens is 1260 g/mol. The van der Waals surface area contributed by atoms with Gasteiger partial charge in [-0.25, -0.2) is 4.98 Å². The van der Waals surface area contributed by atoms with Crippen molar-refractivity contribution in [1.82, 2.24) is 48.0 Å². The molecule has 0 unspecified atom stereocenters. The van der Waals surface area contributed by atoms with E-state index in [9.17, 15) is 9.18 Å². The summed E-state index contributed by atoms with van der Waals surface area (Å²) >= 11 is 0. The molecule has 13 nitrogen and oxygen atoms in total. The van der Waals surface area contributed by atoms with Crippen molar-refractivity contribution in [2.75, 3.05) is 6.67 Å². The van der Waals surface area contributed by atoms with E-state index in [1.807, 2.05) is 83.5 Å². The zero-order valence-corrected chi connectivity index (χ0v) is 60.2. The predicted molar refractivity (Wildman–Crippen MR) is 428 cm³/mol. The van der Waals surface area contributed by atoms with E-state index in [0.29, 0.717) is 30.3 Å². The lowest BCUT2D eigenvalue weighted by molar-refractivity contribution is 0.1000. The maximum Gasteiger partial charge on any atom is 0.248 e. The number of nitrogens with two attached hydrogens (primary N) is 1. The highest BCUT2D eigenvalue weighted by molar-refractivity contribution is 6.13. The van der Waals surface area contributed by atoms with Crippen LogP contribution in [0.15, 0.2) is 219 Å². The van der Waals surface area contributed by atoms with Crippen LogP contribution in [-0.2, 0) is 32.7 Å². The molecule has 0 aliphatic rings. The van der Waals surface area contributed by atoms with Crippen molar-refractivity contribution in [1.29, 1.82) is 0 Å². The molecule has 9 aromatic heterocycles. The van der Waals surface area contributed by atoms with E-state index in [4.69, 9.17) is 10.2 Å². The van der Waals surface area contributed by atoms with Crippen LogP contribution >= 0.6 is 0 Å². The monoisotopic (exact) mass is 1350 g/mol. The third-order valence-electron chi connectivity index (χ3n) is 18.9. The molecule has 0 saturated heterocycles. The molecule has 7 aromatic carbocycles. The van der Waals surface area contributed by atoms with E-state index in [1.165, 1.54) is 81.9 Å². The summed E-state index contributed by atoms with van der Waals surface area (Å²) in [5, 5.41) is 19.0. The number of primary amides is 1.